The molecule has 1 aliphatic rings. The number of rotatable bonds is 2. The second kappa shape index (κ2) is 3.80. The highest BCUT2D eigenvalue weighted by atomic mass is 16.6. The van der Waals surface area contributed by atoms with Crippen LogP contribution in [0.5, 0.6) is 0 Å². The molecule has 92 valence electrons. The SMILES string of the molecule is NC(N)=NC(=O)C1CC1c1cccc2nonc12. The molecule has 7 heteroatoms. The van der Waals surface area contributed by atoms with E-state index < -0.39 is 0 Å². The van der Waals surface area contributed by atoms with Gasteiger partial charge in [-0.25, -0.2) is 4.63 Å². The van der Waals surface area contributed by atoms with Gasteiger partial charge in [0.05, 0.1) is 0 Å². The summed E-state index contributed by atoms with van der Waals surface area (Å²) < 4.78 is 4.69. The van der Waals surface area contributed by atoms with Gasteiger partial charge in [0.2, 0.25) is 0 Å². The van der Waals surface area contributed by atoms with Crippen molar-refractivity contribution in [1.29, 1.82) is 0 Å². The predicted octanol–water partition coefficient (Wildman–Crippen LogP) is 0.126. The molecular formula is C11H11N5O2. The fraction of sp³-hybridized carbons (Fsp3) is 0.273. The first kappa shape index (κ1) is 10.7. The van der Waals surface area contributed by atoms with E-state index in [9.17, 15) is 4.79 Å². The molecule has 18 heavy (non-hydrogen) atoms. The average Bonchev–Trinajstić information content (AvgIpc) is 2.97. The Hall–Kier alpha value is -2.44. The zero-order chi connectivity index (χ0) is 12.7. The van der Waals surface area contributed by atoms with Crippen molar-refractivity contribution in [3.8, 4) is 0 Å². The summed E-state index contributed by atoms with van der Waals surface area (Å²) in [5, 5.41) is 7.62. The van der Waals surface area contributed by atoms with E-state index in [1.807, 2.05) is 18.2 Å². The minimum Gasteiger partial charge on any atom is -0.370 e. The largest absolute Gasteiger partial charge is 0.370 e. The first-order chi connectivity index (χ1) is 8.66. The van der Waals surface area contributed by atoms with E-state index in [0.717, 1.165) is 12.0 Å². The molecule has 1 heterocycles. The van der Waals surface area contributed by atoms with Gasteiger partial charge in [-0.05, 0) is 34.3 Å². The molecule has 1 aliphatic carbocycles. The Morgan fingerprint density at radius 3 is 3.00 bits per heavy atom. The lowest BCUT2D eigenvalue weighted by molar-refractivity contribution is -0.119. The molecule has 2 unspecified atom stereocenters. The Morgan fingerprint density at radius 2 is 2.22 bits per heavy atom. The van der Waals surface area contributed by atoms with Crippen LogP contribution >= 0.6 is 0 Å². The second-order valence-corrected chi connectivity index (χ2v) is 4.30. The number of aliphatic imine (C=N–C) groups is 1. The fourth-order valence-corrected chi connectivity index (χ4v) is 2.15. The van der Waals surface area contributed by atoms with Crippen molar-refractivity contribution >= 4 is 22.9 Å². The van der Waals surface area contributed by atoms with E-state index >= 15 is 0 Å². The highest BCUT2D eigenvalue weighted by Gasteiger charge is 2.45. The number of nitrogens with two attached hydrogens (primary N) is 2. The number of guanidine groups is 1. The standard InChI is InChI=1S/C11H11N5O2/c12-11(13)14-10(17)7-4-6(7)5-2-1-3-8-9(5)16-18-15-8/h1-3,6-7H,4H2,(H4,12,13,14,17). The third-order valence-corrected chi connectivity index (χ3v) is 3.06. The molecule has 1 aromatic carbocycles. The summed E-state index contributed by atoms with van der Waals surface area (Å²) in [6.07, 6.45) is 0.724. The van der Waals surface area contributed by atoms with Gasteiger partial charge in [-0.2, -0.15) is 4.99 Å². The first-order valence-corrected chi connectivity index (χ1v) is 5.51. The number of amides is 1. The first-order valence-electron chi connectivity index (χ1n) is 5.51. The molecule has 0 aliphatic heterocycles. The van der Waals surface area contributed by atoms with E-state index in [1.165, 1.54) is 0 Å². The van der Waals surface area contributed by atoms with Gasteiger partial charge in [0.15, 0.2) is 5.96 Å². The summed E-state index contributed by atoms with van der Waals surface area (Å²) in [6, 6.07) is 5.59. The number of benzene rings is 1. The zero-order valence-corrected chi connectivity index (χ0v) is 9.41. The molecule has 1 fully saturated rings. The highest BCUT2D eigenvalue weighted by molar-refractivity contribution is 5.95. The third-order valence-electron chi connectivity index (χ3n) is 3.06. The van der Waals surface area contributed by atoms with Crippen LogP contribution in [0.3, 0.4) is 0 Å². The normalized spacial score (nSPS) is 21.8. The molecule has 0 saturated heterocycles. The smallest absolute Gasteiger partial charge is 0.252 e. The quantitative estimate of drug-likeness (QED) is 0.573. The van der Waals surface area contributed by atoms with Crippen molar-refractivity contribution in [3.05, 3.63) is 23.8 Å². The molecule has 3 rings (SSSR count). The van der Waals surface area contributed by atoms with Gasteiger partial charge in [-0.1, -0.05) is 12.1 Å². The molecular weight excluding hydrogens is 234 g/mol. The van der Waals surface area contributed by atoms with Crippen LogP contribution in [0.25, 0.3) is 11.0 Å². The van der Waals surface area contributed by atoms with Gasteiger partial charge in [0, 0.05) is 5.92 Å². The maximum Gasteiger partial charge on any atom is 0.252 e. The molecule has 0 spiro atoms. The number of hydrogen-bond donors (Lipinski definition) is 2. The Bertz CT molecular complexity index is 644. The summed E-state index contributed by atoms with van der Waals surface area (Å²) in [5.41, 5.74) is 12.7. The molecule has 1 saturated carbocycles. The molecule has 0 bridgehead atoms. The van der Waals surface area contributed by atoms with Gasteiger partial charge in [0.25, 0.3) is 5.91 Å². The van der Waals surface area contributed by atoms with Crippen LogP contribution in [0.2, 0.25) is 0 Å². The highest BCUT2D eigenvalue weighted by Crippen LogP contribution is 2.49. The minimum atomic E-state index is -0.284. The number of carbonyl (C=O) groups is 1. The third kappa shape index (κ3) is 1.69. The van der Waals surface area contributed by atoms with E-state index in [-0.39, 0.29) is 23.7 Å². The van der Waals surface area contributed by atoms with Crippen LogP contribution < -0.4 is 11.5 Å². The number of carbonyl (C=O) groups excluding carboxylic acids is 1. The summed E-state index contributed by atoms with van der Waals surface area (Å²) >= 11 is 0. The molecule has 1 amide bonds. The van der Waals surface area contributed by atoms with Crippen LogP contribution in [-0.2, 0) is 4.79 Å². The Morgan fingerprint density at radius 1 is 1.39 bits per heavy atom. The lowest BCUT2D eigenvalue weighted by Crippen LogP contribution is -2.24. The van der Waals surface area contributed by atoms with Gasteiger partial charge in [-0.15, -0.1) is 0 Å². The van der Waals surface area contributed by atoms with Crippen molar-refractivity contribution in [2.75, 3.05) is 0 Å². The molecule has 0 radical (unpaired) electrons. The fourth-order valence-electron chi connectivity index (χ4n) is 2.15. The lowest BCUT2D eigenvalue weighted by atomic mass is 10.1. The maximum atomic E-state index is 11.7. The number of aromatic nitrogens is 2. The summed E-state index contributed by atoms with van der Waals surface area (Å²) in [6.45, 7) is 0. The molecule has 2 aromatic rings. The Labute approximate surface area is 102 Å². The average molecular weight is 245 g/mol. The molecule has 2 atom stereocenters. The molecule has 4 N–H and O–H groups in total. The van der Waals surface area contributed by atoms with Crippen molar-refractivity contribution in [2.24, 2.45) is 22.4 Å². The second-order valence-electron chi connectivity index (χ2n) is 4.30. The van der Waals surface area contributed by atoms with Crippen molar-refractivity contribution in [3.63, 3.8) is 0 Å². The summed E-state index contributed by atoms with van der Waals surface area (Å²) in [5.74, 6) is -0.564. The summed E-state index contributed by atoms with van der Waals surface area (Å²) in [4.78, 5) is 15.2. The number of hydrogen-bond acceptors (Lipinski definition) is 4. The molecule has 1 aromatic heterocycles. The van der Waals surface area contributed by atoms with Gasteiger partial charge >= 0.3 is 0 Å². The van der Waals surface area contributed by atoms with Crippen molar-refractivity contribution < 1.29 is 9.42 Å². The van der Waals surface area contributed by atoms with Gasteiger partial charge in [0.1, 0.15) is 11.0 Å². The monoisotopic (exact) mass is 245 g/mol. The Kier molecular flexibility index (Phi) is 2.26. The lowest BCUT2D eigenvalue weighted by Gasteiger charge is -1.98. The van der Waals surface area contributed by atoms with E-state index in [4.69, 9.17) is 16.1 Å². The minimum absolute atomic E-state index is 0.0937. The molecule has 7 nitrogen and oxygen atoms in total. The summed E-state index contributed by atoms with van der Waals surface area (Å²) in [7, 11) is 0. The van der Waals surface area contributed by atoms with Gasteiger partial charge < -0.3 is 11.5 Å². The van der Waals surface area contributed by atoms with E-state index in [1.54, 1.807) is 0 Å². The zero-order valence-electron chi connectivity index (χ0n) is 9.41. The van der Waals surface area contributed by atoms with Crippen LogP contribution in [0.4, 0.5) is 0 Å². The van der Waals surface area contributed by atoms with Gasteiger partial charge in [-0.3, -0.25) is 4.79 Å². The van der Waals surface area contributed by atoms with Crippen molar-refractivity contribution in [1.82, 2.24) is 10.3 Å². The predicted molar refractivity (Wildman–Crippen MR) is 63.5 cm³/mol. The van der Waals surface area contributed by atoms with E-state index in [0.29, 0.717) is 11.0 Å². The number of nitrogens with zero attached hydrogens (tertiary/aromatic N) is 3. The van der Waals surface area contributed by atoms with Crippen LogP contribution in [0, 0.1) is 5.92 Å². The van der Waals surface area contributed by atoms with Crippen molar-refractivity contribution in [2.45, 2.75) is 12.3 Å². The van der Waals surface area contributed by atoms with Crippen LogP contribution in [0.1, 0.15) is 17.9 Å². The topological polar surface area (TPSA) is 120 Å². The van der Waals surface area contributed by atoms with Crippen LogP contribution in [0.15, 0.2) is 27.8 Å². The number of fused-ring (bicyclic) bond motifs is 1. The maximum absolute atomic E-state index is 11.7. The van der Waals surface area contributed by atoms with Crippen LogP contribution in [-0.4, -0.2) is 22.2 Å². The Balaban J connectivity index is 1.88. The van der Waals surface area contributed by atoms with E-state index in [2.05, 4.69) is 15.3 Å².